The molecule has 0 aliphatic carbocycles. The summed E-state index contributed by atoms with van der Waals surface area (Å²) >= 11 is 0.950. The first-order valence-corrected chi connectivity index (χ1v) is 4.01. The van der Waals surface area contributed by atoms with Crippen LogP contribution in [0.15, 0.2) is 0 Å². The van der Waals surface area contributed by atoms with Crippen LogP contribution in [0.4, 0.5) is 0 Å². The summed E-state index contributed by atoms with van der Waals surface area (Å²) in [4.78, 5) is 0. The third-order valence-corrected chi connectivity index (χ3v) is 1.86. The predicted octanol–water partition coefficient (Wildman–Crippen LogP) is 2.63. The lowest BCUT2D eigenvalue weighted by Crippen LogP contribution is -1.95. The van der Waals surface area contributed by atoms with Crippen LogP contribution in [0.2, 0.25) is 0 Å². The van der Waals surface area contributed by atoms with Gasteiger partial charge in [-0.3, -0.25) is 0 Å². The summed E-state index contributed by atoms with van der Waals surface area (Å²) in [5.41, 5.74) is 0. The van der Waals surface area contributed by atoms with Crippen molar-refractivity contribution in [2.75, 3.05) is 5.75 Å². The maximum Gasteiger partial charge on any atom is 0.0221 e. The first kappa shape index (κ1) is 8.31. The molecule has 8 heavy (non-hydrogen) atoms. The summed E-state index contributed by atoms with van der Waals surface area (Å²) < 4.78 is 8.38. The lowest BCUT2D eigenvalue weighted by Gasteiger charge is -2.04. The normalized spacial score (nSPS) is 13.9. The topological polar surface area (TPSA) is 20.2 Å². The molecule has 0 bridgehead atoms. The Morgan fingerprint density at radius 3 is 2.62 bits per heavy atom. The maximum absolute atomic E-state index is 8.38. The van der Waals surface area contributed by atoms with Crippen LogP contribution < -0.4 is 0 Å². The van der Waals surface area contributed by atoms with Crippen molar-refractivity contribution in [3.05, 3.63) is 0 Å². The first-order valence-electron chi connectivity index (χ1n) is 3.07. The molecule has 50 valence electrons. The monoisotopic (exact) mass is 134 g/mol. The van der Waals surface area contributed by atoms with Gasteiger partial charge in [-0.1, -0.05) is 26.7 Å². The van der Waals surface area contributed by atoms with Gasteiger partial charge < -0.3 is 4.55 Å². The number of rotatable bonds is 4. The quantitative estimate of drug-likeness (QED) is 0.596. The highest BCUT2D eigenvalue weighted by Gasteiger charge is 1.97. The molecule has 1 nitrogen and oxygen atoms in total. The second-order valence-electron chi connectivity index (χ2n) is 2.19. The van der Waals surface area contributed by atoms with Crippen molar-refractivity contribution in [2.24, 2.45) is 5.92 Å². The molecule has 0 aromatic rings. The summed E-state index contributed by atoms with van der Waals surface area (Å²) in [6, 6.07) is 0. The van der Waals surface area contributed by atoms with Crippen molar-refractivity contribution in [3.63, 3.8) is 0 Å². The van der Waals surface area contributed by atoms with Crippen molar-refractivity contribution in [1.29, 1.82) is 0 Å². The summed E-state index contributed by atoms with van der Waals surface area (Å²) in [5, 5.41) is 0. The molecule has 0 aliphatic rings. The molecule has 2 heteroatoms. The van der Waals surface area contributed by atoms with Crippen LogP contribution >= 0.6 is 12.0 Å². The second kappa shape index (κ2) is 5.45. The zero-order chi connectivity index (χ0) is 6.41. The molecule has 1 N–H and O–H groups in total. The minimum atomic E-state index is 0.676. The van der Waals surface area contributed by atoms with Gasteiger partial charge in [0.25, 0.3) is 0 Å². The molecule has 1 unspecified atom stereocenters. The van der Waals surface area contributed by atoms with Crippen LogP contribution in [0.5, 0.6) is 0 Å². The Hall–Kier alpha value is 0.310. The molecular weight excluding hydrogens is 120 g/mol. The largest absolute Gasteiger partial charge is 0.330 e. The van der Waals surface area contributed by atoms with E-state index in [1.807, 2.05) is 0 Å². The Bertz CT molecular complexity index is 41.8. The van der Waals surface area contributed by atoms with Gasteiger partial charge in [0.05, 0.1) is 0 Å². The summed E-state index contributed by atoms with van der Waals surface area (Å²) in [6.07, 6.45) is 2.45. The van der Waals surface area contributed by atoms with Crippen LogP contribution in [0.25, 0.3) is 0 Å². The smallest absolute Gasteiger partial charge is 0.0221 e. The Labute approximate surface area is 55.7 Å². The Balaban J connectivity index is 2.92. The fourth-order valence-corrected chi connectivity index (χ4v) is 1.12. The van der Waals surface area contributed by atoms with E-state index in [-0.39, 0.29) is 0 Å². The van der Waals surface area contributed by atoms with Gasteiger partial charge in [-0.2, -0.15) is 0 Å². The molecule has 0 saturated carbocycles. The minimum Gasteiger partial charge on any atom is -0.330 e. The molecule has 0 heterocycles. The standard InChI is InChI=1S/C6H14OS/c1-3-4-6(2)5-8-7/h6-7H,3-5H2,1-2H3. The Morgan fingerprint density at radius 1 is 1.62 bits per heavy atom. The van der Waals surface area contributed by atoms with Gasteiger partial charge in [0, 0.05) is 5.75 Å². The molecule has 0 saturated heterocycles. The molecular formula is C6H14OS. The van der Waals surface area contributed by atoms with Crippen LogP contribution in [0.1, 0.15) is 26.7 Å². The Morgan fingerprint density at radius 2 is 2.25 bits per heavy atom. The van der Waals surface area contributed by atoms with Crippen LogP contribution in [-0.2, 0) is 0 Å². The fraction of sp³-hybridized carbons (Fsp3) is 1.00. The number of hydrogen-bond acceptors (Lipinski definition) is 2. The lowest BCUT2D eigenvalue weighted by atomic mass is 10.1. The van der Waals surface area contributed by atoms with E-state index in [0.717, 1.165) is 17.8 Å². The van der Waals surface area contributed by atoms with Crippen LogP contribution in [-0.4, -0.2) is 10.3 Å². The fourth-order valence-electron chi connectivity index (χ4n) is 0.703. The zero-order valence-corrected chi connectivity index (χ0v) is 6.37. The third kappa shape index (κ3) is 4.47. The van der Waals surface area contributed by atoms with Crippen LogP contribution in [0, 0.1) is 5.92 Å². The van der Waals surface area contributed by atoms with E-state index in [4.69, 9.17) is 4.55 Å². The second-order valence-corrected chi connectivity index (χ2v) is 2.78. The highest BCUT2D eigenvalue weighted by atomic mass is 32.2. The van der Waals surface area contributed by atoms with Gasteiger partial charge in [-0.05, 0) is 18.0 Å². The lowest BCUT2D eigenvalue weighted by molar-refractivity contribution is 0.569. The van der Waals surface area contributed by atoms with Crippen molar-refractivity contribution in [2.45, 2.75) is 26.7 Å². The van der Waals surface area contributed by atoms with E-state index in [2.05, 4.69) is 13.8 Å². The first-order chi connectivity index (χ1) is 3.81. The maximum atomic E-state index is 8.38. The molecule has 0 spiro atoms. The highest BCUT2D eigenvalue weighted by Crippen LogP contribution is 2.09. The molecule has 0 amide bonds. The van der Waals surface area contributed by atoms with Crippen molar-refractivity contribution in [3.8, 4) is 0 Å². The van der Waals surface area contributed by atoms with E-state index in [1.54, 1.807) is 0 Å². The zero-order valence-electron chi connectivity index (χ0n) is 5.55. The van der Waals surface area contributed by atoms with Gasteiger partial charge in [0.15, 0.2) is 0 Å². The summed E-state index contributed by atoms with van der Waals surface area (Å²) in [7, 11) is 0. The average Bonchev–Trinajstić information content (AvgIpc) is 1.68. The molecule has 0 aromatic heterocycles. The van der Waals surface area contributed by atoms with E-state index in [1.165, 1.54) is 12.8 Å². The molecule has 1 atom stereocenters. The predicted molar refractivity (Wildman–Crippen MR) is 39.2 cm³/mol. The van der Waals surface area contributed by atoms with E-state index >= 15 is 0 Å². The van der Waals surface area contributed by atoms with Gasteiger partial charge in [-0.15, -0.1) is 0 Å². The van der Waals surface area contributed by atoms with E-state index in [0.29, 0.717) is 5.92 Å². The van der Waals surface area contributed by atoms with Gasteiger partial charge in [0.2, 0.25) is 0 Å². The van der Waals surface area contributed by atoms with Crippen molar-refractivity contribution < 1.29 is 4.55 Å². The van der Waals surface area contributed by atoms with Crippen LogP contribution in [0.3, 0.4) is 0 Å². The average molecular weight is 134 g/mol. The molecule has 0 aromatic carbocycles. The van der Waals surface area contributed by atoms with Crippen molar-refractivity contribution in [1.82, 2.24) is 0 Å². The van der Waals surface area contributed by atoms with E-state index < -0.39 is 0 Å². The molecule has 0 fully saturated rings. The van der Waals surface area contributed by atoms with Gasteiger partial charge in [0.1, 0.15) is 0 Å². The van der Waals surface area contributed by atoms with E-state index in [9.17, 15) is 0 Å². The third-order valence-electron chi connectivity index (χ3n) is 1.14. The Kier molecular flexibility index (Phi) is 5.66. The van der Waals surface area contributed by atoms with Gasteiger partial charge in [-0.25, -0.2) is 0 Å². The summed E-state index contributed by atoms with van der Waals surface area (Å²) in [6.45, 7) is 4.32. The number of hydrogen-bond donors (Lipinski definition) is 1. The SMILES string of the molecule is CCCC(C)CSO. The summed E-state index contributed by atoms with van der Waals surface area (Å²) in [5.74, 6) is 1.56. The molecule has 0 aliphatic heterocycles. The van der Waals surface area contributed by atoms with Crippen molar-refractivity contribution >= 4 is 12.0 Å². The molecule has 0 rings (SSSR count). The highest BCUT2D eigenvalue weighted by molar-refractivity contribution is 7.93. The minimum absolute atomic E-state index is 0.676. The molecule has 0 radical (unpaired) electrons. The van der Waals surface area contributed by atoms with Gasteiger partial charge >= 0.3 is 0 Å².